The Morgan fingerprint density at radius 2 is 1.95 bits per heavy atom. The first-order valence-corrected chi connectivity index (χ1v) is 8.29. The monoisotopic (exact) mass is 344 g/mol. The van der Waals surface area contributed by atoms with Gasteiger partial charge >= 0.3 is 0 Å². The van der Waals surface area contributed by atoms with E-state index in [9.17, 15) is 5.11 Å². The van der Waals surface area contributed by atoms with Gasteiger partial charge in [-0.2, -0.15) is 5.10 Å². The molecule has 2 unspecified atom stereocenters. The lowest BCUT2D eigenvalue weighted by atomic mass is 9.84. The van der Waals surface area contributed by atoms with Gasteiger partial charge in [-0.25, -0.2) is 0 Å². The van der Waals surface area contributed by atoms with Crippen LogP contribution in [0.3, 0.4) is 0 Å². The summed E-state index contributed by atoms with van der Waals surface area (Å²) in [5, 5.41) is 15.6. The Kier molecular flexibility index (Phi) is 4.92. The molecule has 0 bridgehead atoms. The lowest BCUT2D eigenvalue weighted by Gasteiger charge is -2.39. The van der Waals surface area contributed by atoms with Crippen LogP contribution in [-0.2, 0) is 24.1 Å². The molecule has 1 saturated heterocycles. The van der Waals surface area contributed by atoms with Crippen molar-refractivity contribution in [1.82, 2.24) is 9.78 Å². The third-order valence-corrected chi connectivity index (χ3v) is 4.91. The highest BCUT2D eigenvalue weighted by atomic mass is 79.9. The largest absolute Gasteiger partial charge is 0.389 e. The van der Waals surface area contributed by atoms with Crippen molar-refractivity contribution in [3.63, 3.8) is 0 Å². The van der Waals surface area contributed by atoms with E-state index < -0.39 is 5.60 Å². The number of hydrogen-bond donors (Lipinski definition) is 1. The highest BCUT2D eigenvalue weighted by Gasteiger charge is 2.38. The molecule has 4 nitrogen and oxygen atoms in total. The lowest BCUT2D eigenvalue weighted by Crippen LogP contribution is -2.45. The molecule has 2 heterocycles. The predicted molar refractivity (Wildman–Crippen MR) is 82.9 cm³/mol. The van der Waals surface area contributed by atoms with E-state index in [1.165, 1.54) is 0 Å². The number of aliphatic hydroxyl groups is 1. The van der Waals surface area contributed by atoms with Gasteiger partial charge < -0.3 is 9.84 Å². The van der Waals surface area contributed by atoms with Crippen LogP contribution < -0.4 is 0 Å². The fraction of sp³-hybridized carbons (Fsp3) is 0.800. The molecule has 2 atom stereocenters. The topological polar surface area (TPSA) is 47.3 Å². The van der Waals surface area contributed by atoms with Gasteiger partial charge in [-0.3, -0.25) is 4.68 Å². The number of ether oxygens (including phenoxy) is 1. The fourth-order valence-electron chi connectivity index (χ4n) is 3.29. The first-order valence-electron chi connectivity index (χ1n) is 7.50. The maximum absolute atomic E-state index is 10.9. The molecule has 0 spiro atoms. The smallest absolute Gasteiger partial charge is 0.0766 e. The van der Waals surface area contributed by atoms with Crippen LogP contribution in [0.25, 0.3) is 0 Å². The fourth-order valence-corrected chi connectivity index (χ4v) is 3.99. The van der Waals surface area contributed by atoms with Crippen LogP contribution in [0.5, 0.6) is 0 Å². The van der Waals surface area contributed by atoms with Gasteiger partial charge in [0.2, 0.25) is 0 Å². The molecular weight excluding hydrogens is 320 g/mol. The predicted octanol–water partition coefficient (Wildman–Crippen LogP) is 3.09. The summed E-state index contributed by atoms with van der Waals surface area (Å²) in [6, 6.07) is 0. The number of hydrogen-bond acceptors (Lipinski definition) is 3. The molecule has 1 fully saturated rings. The quantitative estimate of drug-likeness (QED) is 0.912. The highest BCUT2D eigenvalue weighted by Crippen LogP contribution is 2.34. The number of rotatable bonds is 4. The SMILES string of the molecule is CCc1nn(CC)c(CC2(O)CC(C)OC(C)C2)c1Br. The summed E-state index contributed by atoms with van der Waals surface area (Å²) in [6.45, 7) is 9.08. The molecule has 1 aromatic rings. The normalized spacial score (nSPS) is 30.7. The molecule has 114 valence electrons. The Labute approximate surface area is 129 Å². The molecule has 1 aliphatic rings. The van der Waals surface area contributed by atoms with Gasteiger partial charge in [0.25, 0.3) is 0 Å². The summed E-state index contributed by atoms with van der Waals surface area (Å²) in [5.41, 5.74) is 1.48. The van der Waals surface area contributed by atoms with E-state index in [2.05, 4.69) is 34.9 Å². The summed E-state index contributed by atoms with van der Waals surface area (Å²) in [6.07, 6.45) is 3.10. The number of aromatic nitrogens is 2. The summed E-state index contributed by atoms with van der Waals surface area (Å²) >= 11 is 3.66. The third-order valence-electron chi connectivity index (χ3n) is 3.99. The number of aryl methyl sites for hydroxylation is 2. The van der Waals surface area contributed by atoms with Crippen LogP contribution in [0.4, 0.5) is 0 Å². The molecule has 0 radical (unpaired) electrons. The second-order valence-electron chi connectivity index (χ2n) is 5.94. The van der Waals surface area contributed by atoms with Gasteiger partial charge in [0.1, 0.15) is 0 Å². The van der Waals surface area contributed by atoms with Crippen LogP contribution in [0.2, 0.25) is 0 Å². The average Bonchev–Trinajstić information content (AvgIpc) is 2.64. The van der Waals surface area contributed by atoms with Crippen molar-refractivity contribution in [2.45, 2.75) is 77.7 Å². The van der Waals surface area contributed by atoms with Gasteiger partial charge in [0.15, 0.2) is 0 Å². The number of halogens is 1. The maximum atomic E-state index is 10.9. The third kappa shape index (κ3) is 3.26. The molecular formula is C15H25BrN2O2. The summed E-state index contributed by atoms with van der Waals surface area (Å²) in [5.74, 6) is 0. The summed E-state index contributed by atoms with van der Waals surface area (Å²) in [4.78, 5) is 0. The van der Waals surface area contributed by atoms with Gasteiger partial charge in [0.05, 0.1) is 33.7 Å². The average molecular weight is 345 g/mol. The van der Waals surface area contributed by atoms with Crippen molar-refractivity contribution in [3.8, 4) is 0 Å². The second-order valence-corrected chi connectivity index (χ2v) is 6.74. The van der Waals surface area contributed by atoms with Crippen LogP contribution in [0.1, 0.15) is 51.9 Å². The lowest BCUT2D eigenvalue weighted by molar-refractivity contribution is -0.131. The molecule has 0 amide bonds. The van der Waals surface area contributed by atoms with Crippen LogP contribution in [0, 0.1) is 0 Å². The van der Waals surface area contributed by atoms with Crippen molar-refractivity contribution in [2.75, 3.05) is 0 Å². The zero-order valence-corrected chi connectivity index (χ0v) is 14.4. The molecule has 2 rings (SSSR count). The first kappa shape index (κ1) is 16.0. The van der Waals surface area contributed by atoms with E-state index in [0.717, 1.165) is 28.8 Å². The Bertz CT molecular complexity index is 463. The Morgan fingerprint density at radius 3 is 2.45 bits per heavy atom. The Balaban J connectivity index is 2.26. The maximum Gasteiger partial charge on any atom is 0.0766 e. The van der Waals surface area contributed by atoms with E-state index in [-0.39, 0.29) is 12.2 Å². The molecule has 1 aliphatic heterocycles. The van der Waals surface area contributed by atoms with E-state index in [1.807, 2.05) is 18.5 Å². The first-order chi connectivity index (χ1) is 9.38. The molecule has 5 heteroatoms. The van der Waals surface area contributed by atoms with Crippen molar-refractivity contribution in [3.05, 3.63) is 15.9 Å². The molecule has 1 N–H and O–H groups in total. The van der Waals surface area contributed by atoms with E-state index in [4.69, 9.17) is 4.74 Å². The van der Waals surface area contributed by atoms with Crippen molar-refractivity contribution in [1.29, 1.82) is 0 Å². The molecule has 1 aromatic heterocycles. The van der Waals surface area contributed by atoms with Crippen LogP contribution in [0.15, 0.2) is 4.47 Å². The Hall–Kier alpha value is -0.390. The second kappa shape index (κ2) is 6.16. The number of nitrogens with zero attached hydrogens (tertiary/aromatic N) is 2. The van der Waals surface area contributed by atoms with Gasteiger partial charge in [-0.15, -0.1) is 0 Å². The molecule has 20 heavy (non-hydrogen) atoms. The molecule has 0 aromatic carbocycles. The van der Waals surface area contributed by atoms with Crippen molar-refractivity contribution >= 4 is 15.9 Å². The molecule has 0 aliphatic carbocycles. The van der Waals surface area contributed by atoms with Gasteiger partial charge in [-0.1, -0.05) is 6.92 Å². The minimum Gasteiger partial charge on any atom is -0.389 e. The van der Waals surface area contributed by atoms with Crippen molar-refractivity contribution in [2.24, 2.45) is 0 Å². The van der Waals surface area contributed by atoms with E-state index in [1.54, 1.807) is 0 Å². The summed E-state index contributed by atoms with van der Waals surface area (Å²) < 4.78 is 8.80. The van der Waals surface area contributed by atoms with E-state index in [0.29, 0.717) is 19.3 Å². The highest BCUT2D eigenvalue weighted by molar-refractivity contribution is 9.10. The minimum absolute atomic E-state index is 0.103. The standard InChI is InChI=1S/C15H25BrN2O2/c1-5-12-14(16)13(18(6-2)17-12)9-15(19)7-10(3)20-11(4)8-15/h10-11,19H,5-9H2,1-4H3. The van der Waals surface area contributed by atoms with Crippen molar-refractivity contribution < 1.29 is 9.84 Å². The Morgan fingerprint density at radius 1 is 1.35 bits per heavy atom. The minimum atomic E-state index is -0.697. The molecule has 0 saturated carbocycles. The zero-order chi connectivity index (χ0) is 14.9. The zero-order valence-electron chi connectivity index (χ0n) is 12.8. The van der Waals surface area contributed by atoms with Crippen LogP contribution in [-0.4, -0.2) is 32.7 Å². The van der Waals surface area contributed by atoms with Gasteiger partial charge in [-0.05, 0) is 43.1 Å². The van der Waals surface area contributed by atoms with Crippen LogP contribution >= 0.6 is 15.9 Å². The van der Waals surface area contributed by atoms with Gasteiger partial charge in [0, 0.05) is 25.8 Å². The van der Waals surface area contributed by atoms with E-state index >= 15 is 0 Å². The summed E-state index contributed by atoms with van der Waals surface area (Å²) in [7, 11) is 0.